The Morgan fingerprint density at radius 2 is 2.22 bits per heavy atom. The topological polar surface area (TPSA) is 29.3 Å². The van der Waals surface area contributed by atoms with E-state index in [4.69, 9.17) is 4.42 Å². The summed E-state index contributed by atoms with van der Waals surface area (Å²) in [5.41, 5.74) is 1.84. The minimum atomic E-state index is 0.697. The summed E-state index contributed by atoms with van der Waals surface area (Å²) in [6.07, 6.45) is 6.04. The molecule has 2 heterocycles. The van der Waals surface area contributed by atoms with Gasteiger partial charge in [-0.3, -0.25) is 0 Å². The van der Waals surface area contributed by atoms with E-state index in [-0.39, 0.29) is 0 Å². The minimum absolute atomic E-state index is 0.697. The van der Waals surface area contributed by atoms with Crippen molar-refractivity contribution in [3.63, 3.8) is 0 Å². The SMILES string of the molecule is CSC1CCCCN(c2nc3ccccc3o2)C1. The molecule has 3 nitrogen and oxygen atoms in total. The number of anilines is 1. The van der Waals surface area contributed by atoms with Crippen LogP contribution in [0.3, 0.4) is 0 Å². The summed E-state index contributed by atoms with van der Waals surface area (Å²) in [6.45, 7) is 2.11. The Labute approximate surface area is 112 Å². The molecule has 1 atom stereocenters. The Kier molecular flexibility index (Phi) is 3.46. The molecule has 0 radical (unpaired) electrons. The maximum atomic E-state index is 5.86. The monoisotopic (exact) mass is 262 g/mol. The van der Waals surface area contributed by atoms with Gasteiger partial charge in [0.1, 0.15) is 5.52 Å². The standard InChI is InChI=1S/C14H18N2OS/c1-18-11-6-4-5-9-16(10-11)14-15-12-7-2-3-8-13(12)17-14/h2-3,7-8,11H,4-6,9-10H2,1H3. The van der Waals surface area contributed by atoms with Crippen LogP contribution in [0.4, 0.5) is 6.01 Å². The molecular weight excluding hydrogens is 244 g/mol. The maximum Gasteiger partial charge on any atom is 0.298 e. The van der Waals surface area contributed by atoms with E-state index in [0.717, 1.165) is 30.2 Å². The Morgan fingerprint density at radius 1 is 1.33 bits per heavy atom. The number of nitrogens with zero attached hydrogens (tertiary/aromatic N) is 2. The summed E-state index contributed by atoms with van der Waals surface area (Å²) in [7, 11) is 0. The van der Waals surface area contributed by atoms with Gasteiger partial charge < -0.3 is 9.32 Å². The lowest BCUT2D eigenvalue weighted by Gasteiger charge is -2.21. The van der Waals surface area contributed by atoms with Gasteiger partial charge in [0.2, 0.25) is 0 Å². The maximum absolute atomic E-state index is 5.86. The highest BCUT2D eigenvalue weighted by atomic mass is 32.2. The summed E-state index contributed by atoms with van der Waals surface area (Å²) in [6, 6.07) is 8.77. The molecule has 0 bridgehead atoms. The van der Waals surface area contributed by atoms with E-state index in [1.807, 2.05) is 36.0 Å². The molecule has 0 aliphatic carbocycles. The lowest BCUT2D eigenvalue weighted by atomic mass is 10.2. The van der Waals surface area contributed by atoms with Crippen molar-refractivity contribution in [1.82, 2.24) is 4.98 Å². The lowest BCUT2D eigenvalue weighted by molar-refractivity contribution is 0.569. The number of aromatic nitrogens is 1. The van der Waals surface area contributed by atoms with Gasteiger partial charge in [-0.2, -0.15) is 16.7 Å². The highest BCUT2D eigenvalue weighted by molar-refractivity contribution is 7.99. The van der Waals surface area contributed by atoms with Crippen molar-refractivity contribution in [2.75, 3.05) is 24.2 Å². The molecule has 18 heavy (non-hydrogen) atoms. The predicted octanol–water partition coefficient (Wildman–Crippen LogP) is 3.55. The first-order chi connectivity index (χ1) is 8.86. The average Bonchev–Trinajstić information content (AvgIpc) is 2.69. The number of thioether (sulfide) groups is 1. The van der Waals surface area contributed by atoms with Crippen molar-refractivity contribution in [2.45, 2.75) is 24.5 Å². The van der Waals surface area contributed by atoms with Crippen LogP contribution in [0.25, 0.3) is 11.1 Å². The average molecular weight is 262 g/mol. The van der Waals surface area contributed by atoms with Crippen LogP contribution in [0.1, 0.15) is 19.3 Å². The fraction of sp³-hybridized carbons (Fsp3) is 0.500. The van der Waals surface area contributed by atoms with Crippen LogP contribution in [0.15, 0.2) is 28.7 Å². The minimum Gasteiger partial charge on any atom is -0.423 e. The molecule has 1 fully saturated rings. The molecule has 0 saturated carbocycles. The van der Waals surface area contributed by atoms with Crippen LogP contribution >= 0.6 is 11.8 Å². The van der Waals surface area contributed by atoms with E-state index in [2.05, 4.69) is 16.1 Å². The normalized spacial score (nSPS) is 21.2. The second kappa shape index (κ2) is 5.22. The van der Waals surface area contributed by atoms with Crippen LogP contribution in [0.5, 0.6) is 0 Å². The third-order valence-corrected chi connectivity index (χ3v) is 4.57. The number of benzene rings is 1. The smallest absolute Gasteiger partial charge is 0.298 e. The zero-order chi connectivity index (χ0) is 12.4. The molecule has 3 rings (SSSR count). The highest BCUT2D eigenvalue weighted by Gasteiger charge is 2.21. The first kappa shape index (κ1) is 11.9. The molecule has 96 valence electrons. The van der Waals surface area contributed by atoms with Gasteiger partial charge in [0, 0.05) is 18.3 Å². The number of hydrogen-bond donors (Lipinski definition) is 0. The van der Waals surface area contributed by atoms with Gasteiger partial charge in [0.05, 0.1) is 0 Å². The summed E-state index contributed by atoms with van der Waals surface area (Å²) >= 11 is 1.95. The van der Waals surface area contributed by atoms with Crippen LogP contribution in [0, 0.1) is 0 Å². The Hall–Kier alpha value is -1.16. The quantitative estimate of drug-likeness (QED) is 0.827. The summed E-state index contributed by atoms with van der Waals surface area (Å²) in [5, 5.41) is 0.697. The van der Waals surface area contributed by atoms with Crippen LogP contribution in [0.2, 0.25) is 0 Å². The van der Waals surface area contributed by atoms with Gasteiger partial charge >= 0.3 is 0 Å². The van der Waals surface area contributed by atoms with Crippen LogP contribution in [-0.4, -0.2) is 29.6 Å². The summed E-state index contributed by atoms with van der Waals surface area (Å²) in [5.74, 6) is 0. The van der Waals surface area contributed by atoms with E-state index < -0.39 is 0 Å². The molecule has 1 aromatic heterocycles. The number of oxazole rings is 1. The fourth-order valence-corrected chi connectivity index (χ4v) is 3.20. The highest BCUT2D eigenvalue weighted by Crippen LogP contribution is 2.26. The van der Waals surface area contributed by atoms with Gasteiger partial charge in [-0.25, -0.2) is 0 Å². The molecule has 1 aliphatic rings. The molecule has 0 N–H and O–H groups in total. The second-order valence-electron chi connectivity index (χ2n) is 4.76. The second-order valence-corrected chi connectivity index (χ2v) is 5.90. The van der Waals surface area contributed by atoms with Gasteiger partial charge in [0.25, 0.3) is 6.01 Å². The molecule has 1 unspecified atom stereocenters. The van der Waals surface area contributed by atoms with Crippen molar-refractivity contribution in [3.05, 3.63) is 24.3 Å². The van der Waals surface area contributed by atoms with E-state index in [9.17, 15) is 0 Å². The lowest BCUT2D eigenvalue weighted by Crippen LogP contribution is -2.29. The van der Waals surface area contributed by atoms with Crippen molar-refractivity contribution >= 4 is 28.9 Å². The predicted molar refractivity (Wildman–Crippen MR) is 77.4 cm³/mol. The number of hydrogen-bond acceptors (Lipinski definition) is 4. The summed E-state index contributed by atoms with van der Waals surface area (Å²) in [4.78, 5) is 6.90. The fourth-order valence-electron chi connectivity index (χ4n) is 2.46. The number of rotatable bonds is 2. The molecule has 1 aliphatic heterocycles. The third-order valence-electron chi connectivity index (χ3n) is 3.51. The zero-order valence-electron chi connectivity index (χ0n) is 10.6. The van der Waals surface area contributed by atoms with Gasteiger partial charge in [-0.15, -0.1) is 0 Å². The van der Waals surface area contributed by atoms with Crippen molar-refractivity contribution in [1.29, 1.82) is 0 Å². The van der Waals surface area contributed by atoms with Gasteiger partial charge in [0.15, 0.2) is 5.58 Å². The van der Waals surface area contributed by atoms with E-state index >= 15 is 0 Å². The summed E-state index contributed by atoms with van der Waals surface area (Å²) < 4.78 is 5.86. The van der Waals surface area contributed by atoms with Gasteiger partial charge in [-0.1, -0.05) is 18.6 Å². The Morgan fingerprint density at radius 3 is 3.06 bits per heavy atom. The first-order valence-corrected chi connectivity index (χ1v) is 7.79. The van der Waals surface area contributed by atoms with Crippen molar-refractivity contribution in [2.24, 2.45) is 0 Å². The molecule has 1 aromatic carbocycles. The van der Waals surface area contributed by atoms with E-state index in [1.165, 1.54) is 19.3 Å². The van der Waals surface area contributed by atoms with E-state index in [1.54, 1.807) is 0 Å². The molecule has 1 saturated heterocycles. The number of fused-ring (bicyclic) bond motifs is 1. The first-order valence-electron chi connectivity index (χ1n) is 6.50. The third kappa shape index (κ3) is 2.34. The molecule has 4 heteroatoms. The van der Waals surface area contributed by atoms with Gasteiger partial charge in [-0.05, 0) is 31.2 Å². The van der Waals surface area contributed by atoms with Crippen LogP contribution < -0.4 is 4.90 Å². The number of para-hydroxylation sites is 2. The Bertz CT molecular complexity index is 492. The largest absolute Gasteiger partial charge is 0.423 e. The molecular formula is C14H18N2OS. The van der Waals surface area contributed by atoms with Crippen molar-refractivity contribution in [3.8, 4) is 0 Å². The zero-order valence-corrected chi connectivity index (χ0v) is 11.4. The van der Waals surface area contributed by atoms with E-state index in [0.29, 0.717) is 5.25 Å². The Balaban J connectivity index is 1.87. The molecule has 2 aromatic rings. The van der Waals surface area contributed by atoms with Crippen molar-refractivity contribution < 1.29 is 4.42 Å². The van der Waals surface area contributed by atoms with Crippen LogP contribution in [-0.2, 0) is 0 Å². The molecule has 0 amide bonds. The molecule has 0 spiro atoms.